The van der Waals surface area contributed by atoms with Gasteiger partial charge in [0.25, 0.3) is 5.91 Å². The van der Waals surface area contributed by atoms with Crippen LogP contribution in [0.3, 0.4) is 0 Å². The molecule has 1 aliphatic heterocycles. The molecule has 5 heteroatoms. The quantitative estimate of drug-likeness (QED) is 0.534. The Bertz CT molecular complexity index is 354. The third-order valence-electron chi connectivity index (χ3n) is 1.62. The summed E-state index contributed by atoms with van der Waals surface area (Å²) in [5.74, 6) is -1.36. The average Bonchev–Trinajstić information content (AvgIpc) is 2.04. The van der Waals surface area contributed by atoms with Crippen molar-refractivity contribution >= 4 is 11.6 Å². The molecule has 0 saturated heterocycles. The molecule has 1 amide bonds. The number of halogens is 1. The molecule has 60 valence electrons. The van der Waals surface area contributed by atoms with E-state index >= 15 is 0 Å². The molecule has 1 unspecified atom stereocenters. The Hall–Kier alpha value is -1.65. The van der Waals surface area contributed by atoms with E-state index in [1.807, 2.05) is 0 Å². The number of hydrogen-bond acceptors (Lipinski definition) is 3. The maximum atomic E-state index is 12.6. The van der Waals surface area contributed by atoms with E-state index in [2.05, 4.69) is 15.4 Å². The second-order valence-electron chi connectivity index (χ2n) is 2.42. The molecule has 0 N–H and O–H groups in total. The number of rotatable bonds is 0. The maximum Gasteiger partial charge on any atom is 0.279 e. The Labute approximate surface area is 67.2 Å². The van der Waals surface area contributed by atoms with Crippen molar-refractivity contribution in [3.05, 3.63) is 24.1 Å². The van der Waals surface area contributed by atoms with E-state index in [1.165, 1.54) is 18.2 Å². The fraction of sp³-hybridized carbons (Fsp3) is 0.143. The first-order chi connectivity index (χ1) is 5.77. The van der Waals surface area contributed by atoms with Gasteiger partial charge in [0.1, 0.15) is 11.7 Å². The van der Waals surface area contributed by atoms with Crippen LogP contribution in [0.15, 0.2) is 39.5 Å². The van der Waals surface area contributed by atoms with E-state index in [9.17, 15) is 9.18 Å². The van der Waals surface area contributed by atoms with E-state index in [4.69, 9.17) is 0 Å². The molecular formula is C7H4FN3O. The summed E-state index contributed by atoms with van der Waals surface area (Å²) >= 11 is 0. The molecule has 0 radical (unpaired) electrons. The second-order valence-corrected chi connectivity index (χ2v) is 2.42. The molecule has 2 aliphatic rings. The first-order valence-corrected chi connectivity index (χ1v) is 3.35. The lowest BCUT2D eigenvalue weighted by Gasteiger charge is -2.12. The molecule has 0 spiro atoms. The molecule has 2 rings (SSSR count). The smallest absolute Gasteiger partial charge is 0.270 e. The topological polar surface area (TPSA) is 54.1 Å². The number of fused-ring (bicyclic) bond motifs is 1. The third kappa shape index (κ3) is 0.990. The molecule has 0 aromatic carbocycles. The number of allylic oxidation sites excluding steroid dienone is 3. The van der Waals surface area contributed by atoms with Crippen molar-refractivity contribution in [2.45, 2.75) is 0 Å². The van der Waals surface area contributed by atoms with Crippen LogP contribution in [0, 0.1) is 5.92 Å². The summed E-state index contributed by atoms with van der Waals surface area (Å²) < 4.78 is 12.6. The third-order valence-corrected chi connectivity index (χ3v) is 1.62. The van der Waals surface area contributed by atoms with Crippen LogP contribution in [0.5, 0.6) is 0 Å². The van der Waals surface area contributed by atoms with Crippen molar-refractivity contribution in [3.63, 3.8) is 0 Å². The maximum absolute atomic E-state index is 12.6. The predicted molar refractivity (Wildman–Crippen MR) is 39.1 cm³/mol. The SMILES string of the molecule is O=C1N=NN=C2C=C(F)C=CC12. The van der Waals surface area contributed by atoms with Gasteiger partial charge in [-0.3, -0.25) is 4.79 Å². The molecule has 1 aliphatic carbocycles. The molecular weight excluding hydrogens is 161 g/mol. The van der Waals surface area contributed by atoms with Crippen molar-refractivity contribution in [2.75, 3.05) is 0 Å². The first-order valence-electron chi connectivity index (χ1n) is 3.35. The lowest BCUT2D eigenvalue weighted by molar-refractivity contribution is -0.119. The van der Waals surface area contributed by atoms with Gasteiger partial charge >= 0.3 is 0 Å². The predicted octanol–water partition coefficient (Wildman–Crippen LogP) is 1.37. The highest BCUT2D eigenvalue weighted by atomic mass is 19.1. The van der Waals surface area contributed by atoms with Crippen LogP contribution in [0.25, 0.3) is 0 Å². The zero-order chi connectivity index (χ0) is 8.55. The number of carbonyl (C=O) groups is 1. The molecule has 0 saturated carbocycles. The summed E-state index contributed by atoms with van der Waals surface area (Å²) in [6, 6.07) is 0. The monoisotopic (exact) mass is 165 g/mol. The molecule has 1 heterocycles. The molecule has 0 bridgehead atoms. The summed E-state index contributed by atoms with van der Waals surface area (Å²) in [7, 11) is 0. The van der Waals surface area contributed by atoms with Crippen LogP contribution in [0.2, 0.25) is 0 Å². The van der Waals surface area contributed by atoms with E-state index < -0.39 is 17.7 Å². The van der Waals surface area contributed by atoms with Crippen molar-refractivity contribution < 1.29 is 9.18 Å². The normalized spacial score (nSPS) is 26.4. The Morgan fingerprint density at radius 3 is 3.17 bits per heavy atom. The van der Waals surface area contributed by atoms with Gasteiger partial charge in [0, 0.05) is 0 Å². The number of amides is 1. The summed E-state index contributed by atoms with van der Waals surface area (Å²) in [6.45, 7) is 0. The average molecular weight is 165 g/mol. The summed E-state index contributed by atoms with van der Waals surface area (Å²) in [4.78, 5) is 11.0. The minimum atomic E-state index is -0.540. The van der Waals surface area contributed by atoms with E-state index in [0.29, 0.717) is 5.71 Å². The number of nitrogens with zero attached hydrogens (tertiary/aromatic N) is 3. The molecule has 12 heavy (non-hydrogen) atoms. The van der Waals surface area contributed by atoms with Gasteiger partial charge < -0.3 is 0 Å². The molecule has 0 fully saturated rings. The fourth-order valence-electron chi connectivity index (χ4n) is 1.05. The van der Waals surface area contributed by atoms with Gasteiger partial charge in [-0.15, -0.1) is 5.10 Å². The Kier molecular flexibility index (Phi) is 1.43. The van der Waals surface area contributed by atoms with Gasteiger partial charge in [-0.25, -0.2) is 4.39 Å². The Morgan fingerprint density at radius 2 is 2.33 bits per heavy atom. The van der Waals surface area contributed by atoms with Crippen LogP contribution in [0.1, 0.15) is 0 Å². The van der Waals surface area contributed by atoms with Gasteiger partial charge in [0.05, 0.1) is 5.71 Å². The Morgan fingerprint density at radius 1 is 1.50 bits per heavy atom. The fourth-order valence-corrected chi connectivity index (χ4v) is 1.05. The van der Waals surface area contributed by atoms with Crippen molar-refractivity contribution in [2.24, 2.45) is 21.4 Å². The Balaban J connectivity index is 2.43. The first kappa shape index (κ1) is 7.02. The highest BCUT2D eigenvalue weighted by Crippen LogP contribution is 2.19. The highest BCUT2D eigenvalue weighted by Gasteiger charge is 2.26. The molecule has 4 nitrogen and oxygen atoms in total. The van der Waals surface area contributed by atoms with Crippen LogP contribution >= 0.6 is 0 Å². The highest BCUT2D eigenvalue weighted by molar-refractivity contribution is 6.13. The summed E-state index contributed by atoms with van der Waals surface area (Å²) in [5, 5.41) is 9.97. The minimum Gasteiger partial charge on any atom is -0.270 e. The van der Waals surface area contributed by atoms with Crippen molar-refractivity contribution in [1.29, 1.82) is 0 Å². The minimum absolute atomic E-state index is 0.315. The van der Waals surface area contributed by atoms with Gasteiger partial charge in [-0.05, 0) is 17.4 Å². The van der Waals surface area contributed by atoms with Crippen molar-refractivity contribution in [3.8, 4) is 0 Å². The lowest BCUT2D eigenvalue weighted by Crippen LogP contribution is -2.23. The molecule has 1 atom stereocenters. The largest absolute Gasteiger partial charge is 0.279 e. The second kappa shape index (κ2) is 2.44. The zero-order valence-corrected chi connectivity index (χ0v) is 5.94. The van der Waals surface area contributed by atoms with Gasteiger partial charge in [0.15, 0.2) is 0 Å². The van der Waals surface area contributed by atoms with Gasteiger partial charge in [0.2, 0.25) is 0 Å². The molecule has 0 aromatic rings. The van der Waals surface area contributed by atoms with Gasteiger partial charge in [-0.1, -0.05) is 11.2 Å². The van der Waals surface area contributed by atoms with E-state index in [0.717, 1.165) is 0 Å². The van der Waals surface area contributed by atoms with Crippen LogP contribution in [-0.2, 0) is 4.79 Å². The number of carbonyl (C=O) groups excluding carboxylic acids is 1. The van der Waals surface area contributed by atoms with Crippen molar-refractivity contribution in [1.82, 2.24) is 0 Å². The van der Waals surface area contributed by atoms with E-state index in [-0.39, 0.29) is 0 Å². The van der Waals surface area contributed by atoms with E-state index in [1.54, 1.807) is 0 Å². The molecule has 0 aromatic heterocycles. The van der Waals surface area contributed by atoms with Crippen LogP contribution < -0.4 is 0 Å². The van der Waals surface area contributed by atoms with Crippen LogP contribution in [-0.4, -0.2) is 11.6 Å². The zero-order valence-electron chi connectivity index (χ0n) is 5.94. The summed E-state index contributed by atoms with van der Waals surface area (Å²) in [5.41, 5.74) is 0.315. The lowest BCUT2D eigenvalue weighted by atomic mass is 9.97. The van der Waals surface area contributed by atoms with Crippen LogP contribution in [0.4, 0.5) is 4.39 Å². The standard InChI is InChI=1S/C7H4FN3O/c8-4-1-2-5-6(3-4)9-11-10-7(5)12/h1-3,5H. The summed E-state index contributed by atoms with van der Waals surface area (Å²) in [6.07, 6.45) is 3.83. The number of hydrogen-bond donors (Lipinski definition) is 0. The van der Waals surface area contributed by atoms with Gasteiger partial charge in [-0.2, -0.15) is 0 Å².